The number of ether oxygens (including phenoxy) is 3. The van der Waals surface area contributed by atoms with Crippen molar-refractivity contribution in [3.63, 3.8) is 0 Å². The predicted molar refractivity (Wildman–Crippen MR) is 214 cm³/mol. The van der Waals surface area contributed by atoms with Gasteiger partial charge in [0.1, 0.15) is 36.0 Å². The normalized spacial score (nSPS) is 20.2. The third-order valence-electron chi connectivity index (χ3n) is 9.95. The maximum Gasteiger partial charge on any atom is 0.335 e. The van der Waals surface area contributed by atoms with Crippen LogP contribution in [0.2, 0.25) is 0 Å². The van der Waals surface area contributed by atoms with Gasteiger partial charge in [0.05, 0.1) is 0 Å². The number of phenolic OH excluding ortho intramolecular Hbond substituents is 2. The fraction of sp³-hybridized carbons (Fsp3) is 0.674. The molecule has 0 bridgehead atoms. The van der Waals surface area contributed by atoms with Gasteiger partial charge in [-0.25, -0.2) is 4.79 Å². The molecule has 0 saturated carbocycles. The molecule has 1 amide bonds. The summed E-state index contributed by atoms with van der Waals surface area (Å²) in [5.41, 5.74) is 0.801. The minimum Gasteiger partial charge on any atom is -0.504 e. The Kier molecular flexibility index (Phi) is 25.6. The SMILES string of the molecule is CO[C@@H](CC/C=C\CCCCC(=O)CCCCC(=O)CC/C=C\CCCCCCCCO[C@@H]1O[C@H](C(=O)O)[C@@H](O)[C@H](O)[C@H]1O)C(=O)NCCc1ccc(O)c(O)c1. The zero-order valence-corrected chi connectivity index (χ0v) is 33.6. The summed E-state index contributed by atoms with van der Waals surface area (Å²) in [6.45, 7) is 0.627. The number of hydrogen-bond acceptors (Lipinski definition) is 12. The largest absolute Gasteiger partial charge is 0.504 e. The van der Waals surface area contributed by atoms with Gasteiger partial charge in [-0.05, 0) is 94.7 Å². The number of methoxy groups -OCH3 is 1. The molecule has 1 aliphatic heterocycles. The molecule has 0 aliphatic carbocycles. The molecule has 1 saturated heterocycles. The first-order valence-corrected chi connectivity index (χ1v) is 20.6. The number of benzene rings is 1. The van der Waals surface area contributed by atoms with E-state index in [-0.39, 0.29) is 35.6 Å². The first kappa shape index (κ1) is 49.5. The van der Waals surface area contributed by atoms with Crippen molar-refractivity contribution in [2.24, 2.45) is 0 Å². The molecular formula is C43H67NO13. The molecule has 1 heterocycles. The summed E-state index contributed by atoms with van der Waals surface area (Å²) < 4.78 is 15.9. The van der Waals surface area contributed by atoms with Crippen LogP contribution < -0.4 is 5.32 Å². The van der Waals surface area contributed by atoms with Crippen molar-refractivity contribution in [2.45, 2.75) is 165 Å². The molecule has 0 spiro atoms. The second-order valence-corrected chi connectivity index (χ2v) is 14.7. The van der Waals surface area contributed by atoms with Crippen molar-refractivity contribution in [2.75, 3.05) is 20.3 Å². The average Bonchev–Trinajstić information content (AvgIpc) is 3.18. The number of Topliss-reactive ketones (excluding diaryl/α,β-unsaturated/α-hetero) is 2. The Morgan fingerprint density at radius 2 is 1.30 bits per heavy atom. The monoisotopic (exact) mass is 805 g/mol. The quantitative estimate of drug-likeness (QED) is 0.0277. The molecule has 6 atom stereocenters. The number of aliphatic carboxylic acids is 1. The van der Waals surface area contributed by atoms with Crippen LogP contribution in [0, 0.1) is 0 Å². The van der Waals surface area contributed by atoms with Crippen molar-refractivity contribution in [3.8, 4) is 11.5 Å². The molecule has 322 valence electrons. The van der Waals surface area contributed by atoms with Gasteiger partial charge in [0, 0.05) is 45.9 Å². The van der Waals surface area contributed by atoms with Crippen LogP contribution in [-0.2, 0) is 39.8 Å². The summed E-state index contributed by atoms with van der Waals surface area (Å²) in [4.78, 5) is 48.1. The van der Waals surface area contributed by atoms with E-state index in [1.54, 1.807) is 6.07 Å². The van der Waals surface area contributed by atoms with Crippen LogP contribution in [0.1, 0.15) is 128 Å². The zero-order valence-electron chi connectivity index (χ0n) is 33.6. The van der Waals surface area contributed by atoms with Crippen molar-refractivity contribution < 1.29 is 64.0 Å². The fourth-order valence-corrected chi connectivity index (χ4v) is 6.43. The molecule has 1 fully saturated rings. The van der Waals surface area contributed by atoms with Crippen LogP contribution in [0.5, 0.6) is 11.5 Å². The molecule has 14 heteroatoms. The van der Waals surface area contributed by atoms with Crippen LogP contribution >= 0.6 is 0 Å². The number of carboxylic acid groups (broad SMARTS) is 1. The maximum atomic E-state index is 12.4. The van der Waals surface area contributed by atoms with Crippen molar-refractivity contribution in [1.29, 1.82) is 0 Å². The molecule has 0 unspecified atom stereocenters. The summed E-state index contributed by atoms with van der Waals surface area (Å²) in [6, 6.07) is 4.58. The first-order valence-electron chi connectivity index (χ1n) is 20.6. The number of hydrogen-bond donors (Lipinski definition) is 7. The van der Waals surface area contributed by atoms with E-state index in [1.165, 1.54) is 19.2 Å². The molecule has 7 N–H and O–H groups in total. The Balaban J connectivity index is 1.36. The first-order chi connectivity index (χ1) is 27.4. The third-order valence-corrected chi connectivity index (χ3v) is 9.95. The summed E-state index contributed by atoms with van der Waals surface area (Å²) in [5.74, 6) is -1.52. The maximum absolute atomic E-state index is 12.4. The van der Waals surface area contributed by atoms with E-state index >= 15 is 0 Å². The smallest absolute Gasteiger partial charge is 0.335 e. The van der Waals surface area contributed by atoms with Crippen LogP contribution in [0.25, 0.3) is 0 Å². The summed E-state index contributed by atoms with van der Waals surface area (Å²) >= 11 is 0. The van der Waals surface area contributed by atoms with Gasteiger partial charge in [-0.1, -0.05) is 56.1 Å². The van der Waals surface area contributed by atoms with Crippen molar-refractivity contribution in [3.05, 3.63) is 48.1 Å². The second kappa shape index (κ2) is 29.5. The van der Waals surface area contributed by atoms with Crippen LogP contribution in [-0.4, -0.2) is 111 Å². The Hall–Kier alpha value is -3.66. The average molecular weight is 806 g/mol. The Labute approximate surface area is 337 Å². The van der Waals surface area contributed by atoms with Gasteiger partial charge < -0.3 is 50.2 Å². The second-order valence-electron chi connectivity index (χ2n) is 14.7. The Morgan fingerprint density at radius 3 is 1.95 bits per heavy atom. The van der Waals surface area contributed by atoms with Gasteiger partial charge in [0.2, 0.25) is 5.91 Å². The van der Waals surface area contributed by atoms with Crippen molar-refractivity contribution >= 4 is 23.4 Å². The minimum atomic E-state index is -1.73. The lowest BCUT2D eigenvalue weighted by molar-refractivity contribution is -0.294. The molecular weight excluding hydrogens is 738 g/mol. The van der Waals surface area contributed by atoms with E-state index in [4.69, 9.17) is 19.3 Å². The highest BCUT2D eigenvalue weighted by Gasteiger charge is 2.47. The number of aromatic hydroxyl groups is 2. The molecule has 1 aliphatic rings. The Bertz CT molecular complexity index is 1380. The lowest BCUT2D eigenvalue weighted by atomic mass is 9.99. The van der Waals surface area contributed by atoms with E-state index in [0.29, 0.717) is 57.9 Å². The number of phenols is 2. The number of nitrogens with one attached hydrogen (secondary N) is 1. The van der Waals surface area contributed by atoms with Gasteiger partial charge in [0.25, 0.3) is 0 Å². The van der Waals surface area contributed by atoms with Crippen LogP contribution in [0.3, 0.4) is 0 Å². The van der Waals surface area contributed by atoms with Gasteiger partial charge in [0.15, 0.2) is 23.9 Å². The molecule has 2 rings (SSSR count). The number of unbranched alkanes of at least 4 members (excludes halogenated alkanes) is 9. The molecule has 1 aromatic rings. The highest BCUT2D eigenvalue weighted by Crippen LogP contribution is 2.25. The van der Waals surface area contributed by atoms with E-state index in [1.807, 2.05) is 6.08 Å². The summed E-state index contributed by atoms with van der Waals surface area (Å²) in [5, 5.41) is 60.5. The highest BCUT2D eigenvalue weighted by atomic mass is 16.7. The molecule has 14 nitrogen and oxygen atoms in total. The number of carboxylic acids is 1. The molecule has 0 radical (unpaired) electrons. The third kappa shape index (κ3) is 21.1. The van der Waals surface area contributed by atoms with E-state index < -0.39 is 42.8 Å². The summed E-state index contributed by atoms with van der Waals surface area (Å²) in [7, 11) is 1.51. The van der Waals surface area contributed by atoms with Gasteiger partial charge in [-0.2, -0.15) is 0 Å². The van der Waals surface area contributed by atoms with E-state index in [2.05, 4.69) is 23.5 Å². The van der Waals surface area contributed by atoms with Crippen LogP contribution in [0.4, 0.5) is 0 Å². The van der Waals surface area contributed by atoms with E-state index in [0.717, 1.165) is 82.6 Å². The fourth-order valence-electron chi connectivity index (χ4n) is 6.43. The number of aliphatic hydroxyl groups is 3. The van der Waals surface area contributed by atoms with Crippen LogP contribution in [0.15, 0.2) is 42.5 Å². The lowest BCUT2D eigenvalue weighted by Gasteiger charge is -2.38. The van der Waals surface area contributed by atoms with Gasteiger partial charge in [-0.3, -0.25) is 14.4 Å². The number of carbonyl (C=O) groups is 4. The van der Waals surface area contributed by atoms with Crippen molar-refractivity contribution in [1.82, 2.24) is 5.32 Å². The topological polar surface area (TPSA) is 229 Å². The van der Waals surface area contributed by atoms with Gasteiger partial charge >= 0.3 is 5.97 Å². The number of ketones is 2. The number of allylic oxidation sites excluding steroid dienone is 4. The molecule has 57 heavy (non-hydrogen) atoms. The lowest BCUT2D eigenvalue weighted by Crippen LogP contribution is -2.60. The standard InChI is InChI=1S/C43H67NO13/c1-55-36(41(52)44-28-27-31-25-26-34(47)35(48)30-31)24-16-12-8-7-11-15-21-33(46)23-18-17-22-32(45)20-14-10-6-4-2-3-5-9-13-19-29-56-43-39(51)37(49)38(50)40(57-43)42(53)54/h6,8,10,12,25-26,30,36-40,43,47-51H,2-5,7,9,11,13-24,27-29H2,1H3,(H,44,52)(H,53,54)/b10-6-,12-8-/t36-,37-,38-,39+,40-,43+/m0/s1. The minimum absolute atomic E-state index is 0.179. The Morgan fingerprint density at radius 1 is 0.719 bits per heavy atom. The number of aliphatic hydroxyl groups excluding tert-OH is 3. The summed E-state index contributed by atoms with van der Waals surface area (Å²) in [6.07, 6.45) is 15.3. The highest BCUT2D eigenvalue weighted by molar-refractivity contribution is 5.81. The number of carbonyl (C=O) groups excluding carboxylic acids is 3. The predicted octanol–water partition coefficient (Wildman–Crippen LogP) is 5.34. The molecule has 0 aromatic heterocycles. The number of amides is 1. The zero-order chi connectivity index (χ0) is 41.8. The van der Waals surface area contributed by atoms with E-state index in [9.17, 15) is 44.7 Å². The molecule has 1 aromatic carbocycles. The van der Waals surface area contributed by atoms with Gasteiger partial charge in [-0.15, -0.1) is 0 Å². The number of rotatable bonds is 32.